The summed E-state index contributed by atoms with van der Waals surface area (Å²) < 4.78 is 5.49. The van der Waals surface area contributed by atoms with Crippen LogP contribution in [-0.2, 0) is 14.4 Å². The van der Waals surface area contributed by atoms with Crippen LogP contribution in [0.4, 0.5) is 5.69 Å². The van der Waals surface area contributed by atoms with Crippen molar-refractivity contribution in [1.29, 1.82) is 0 Å². The van der Waals surface area contributed by atoms with Crippen LogP contribution in [0.3, 0.4) is 0 Å². The number of benzene rings is 1. The van der Waals surface area contributed by atoms with Crippen LogP contribution in [0.2, 0.25) is 0 Å². The molecule has 0 aliphatic rings. The average molecular weight is 408 g/mol. The third-order valence-corrected chi connectivity index (χ3v) is 4.33. The molecule has 0 bridgehead atoms. The van der Waals surface area contributed by atoms with E-state index < -0.39 is 17.5 Å². The first kappa shape index (κ1) is 24.2. The molecule has 9 heteroatoms. The van der Waals surface area contributed by atoms with Gasteiger partial charge in [-0.25, -0.2) is 0 Å². The van der Waals surface area contributed by atoms with E-state index in [-0.39, 0.29) is 25.2 Å². The summed E-state index contributed by atoms with van der Waals surface area (Å²) in [6.45, 7) is 2.82. The summed E-state index contributed by atoms with van der Waals surface area (Å²) in [4.78, 5) is 36.9. The molecule has 29 heavy (non-hydrogen) atoms. The Morgan fingerprint density at radius 2 is 1.79 bits per heavy atom. The number of nitrogens with two attached hydrogens (primary N) is 1. The van der Waals surface area contributed by atoms with E-state index in [4.69, 9.17) is 15.6 Å². The fourth-order valence-corrected chi connectivity index (χ4v) is 2.66. The number of ether oxygens (including phenoxy) is 1. The molecule has 0 saturated carbocycles. The second-order valence-corrected chi connectivity index (χ2v) is 7.07. The topological polar surface area (TPSA) is 134 Å². The zero-order chi connectivity index (χ0) is 21.9. The third-order valence-electron chi connectivity index (χ3n) is 4.33. The molecule has 0 radical (unpaired) electrons. The van der Waals surface area contributed by atoms with Crippen molar-refractivity contribution in [2.45, 2.75) is 44.7 Å². The first-order valence-corrected chi connectivity index (χ1v) is 9.67. The number of nitrogens with zero attached hydrogens (tertiary/aromatic N) is 1. The van der Waals surface area contributed by atoms with Crippen molar-refractivity contribution < 1.29 is 24.2 Å². The Bertz CT molecular complexity index is 678. The maximum Gasteiger partial charge on any atom is 0.303 e. The van der Waals surface area contributed by atoms with E-state index in [0.717, 1.165) is 6.54 Å². The summed E-state index contributed by atoms with van der Waals surface area (Å²) in [6.07, 6.45) is 1.69. The molecular weight excluding hydrogens is 376 g/mol. The van der Waals surface area contributed by atoms with Crippen molar-refractivity contribution >= 4 is 23.5 Å². The Morgan fingerprint density at radius 3 is 2.31 bits per heavy atom. The second kappa shape index (κ2) is 11.9. The van der Waals surface area contributed by atoms with Crippen molar-refractivity contribution in [3.63, 3.8) is 0 Å². The second-order valence-electron chi connectivity index (χ2n) is 7.07. The van der Waals surface area contributed by atoms with Gasteiger partial charge in [0, 0.05) is 18.5 Å². The minimum atomic E-state index is -1.39. The fraction of sp³-hybridized carbons (Fsp3) is 0.550. The first-order valence-electron chi connectivity index (χ1n) is 9.67. The molecule has 0 heterocycles. The lowest BCUT2D eigenvalue weighted by atomic mass is 10.0. The fourth-order valence-electron chi connectivity index (χ4n) is 2.66. The number of aliphatic carboxylic acids is 1. The van der Waals surface area contributed by atoms with Crippen molar-refractivity contribution in [3.05, 3.63) is 24.3 Å². The zero-order valence-corrected chi connectivity index (χ0v) is 17.4. The summed E-state index contributed by atoms with van der Waals surface area (Å²) in [5, 5.41) is 14.4. The number of carbonyl (C=O) groups excluding carboxylic acids is 2. The van der Waals surface area contributed by atoms with Crippen LogP contribution in [-0.4, -0.2) is 60.7 Å². The van der Waals surface area contributed by atoms with Crippen molar-refractivity contribution in [2.75, 3.05) is 32.6 Å². The molecule has 0 aliphatic carbocycles. The molecular formula is C20H32N4O5. The van der Waals surface area contributed by atoms with E-state index >= 15 is 0 Å². The first-order chi connectivity index (χ1) is 13.7. The number of amides is 2. The molecule has 1 atom stereocenters. The number of nitrogens with one attached hydrogen (secondary N) is 2. The minimum absolute atomic E-state index is 0.0471. The van der Waals surface area contributed by atoms with Crippen LogP contribution in [0.5, 0.6) is 5.75 Å². The van der Waals surface area contributed by atoms with Gasteiger partial charge in [-0.05, 0) is 64.2 Å². The summed E-state index contributed by atoms with van der Waals surface area (Å²) in [5.41, 5.74) is 4.80. The molecule has 2 amide bonds. The number of anilines is 1. The molecule has 162 valence electrons. The molecule has 1 unspecified atom stereocenters. The normalized spacial score (nSPS) is 12.8. The quantitative estimate of drug-likeness (QED) is 0.270. The molecule has 1 aromatic rings. The van der Waals surface area contributed by atoms with Gasteiger partial charge < -0.3 is 31.1 Å². The minimum Gasteiger partial charge on any atom is -0.494 e. The van der Waals surface area contributed by atoms with Crippen molar-refractivity contribution in [2.24, 2.45) is 5.73 Å². The molecule has 1 aromatic carbocycles. The number of rotatable bonds is 14. The van der Waals surface area contributed by atoms with Crippen LogP contribution in [0, 0.1) is 0 Å². The van der Waals surface area contributed by atoms with E-state index in [1.165, 1.54) is 0 Å². The number of carboxylic acid groups (broad SMARTS) is 1. The lowest BCUT2D eigenvalue weighted by molar-refractivity contribution is -0.137. The molecule has 0 saturated heterocycles. The highest BCUT2D eigenvalue weighted by atomic mass is 16.5. The lowest BCUT2D eigenvalue weighted by Gasteiger charge is -2.32. The number of primary amides is 1. The van der Waals surface area contributed by atoms with E-state index in [1.54, 1.807) is 31.2 Å². The van der Waals surface area contributed by atoms with E-state index in [0.29, 0.717) is 30.9 Å². The molecule has 0 fully saturated rings. The van der Waals surface area contributed by atoms with Gasteiger partial charge in [0.25, 0.3) is 5.91 Å². The standard InChI is InChI=1S/C20H32N4O5/c1-4-20(19(21)28,23-17(25)7-5-13-24(2)3)22-15-9-11-16(12-10-15)29-14-6-8-18(26)27/h9-12,22H,4-8,13-14H2,1-3H3,(H2,21,28)(H,23,25)(H,26,27). The number of carboxylic acids is 1. The Kier molecular flexibility index (Phi) is 9.94. The summed E-state index contributed by atoms with van der Waals surface area (Å²) in [6, 6.07) is 6.81. The van der Waals surface area contributed by atoms with E-state index in [2.05, 4.69) is 10.6 Å². The lowest BCUT2D eigenvalue weighted by Crippen LogP contribution is -2.62. The Labute approximate surface area is 171 Å². The van der Waals surface area contributed by atoms with Crippen LogP contribution in [0.15, 0.2) is 24.3 Å². The summed E-state index contributed by atoms with van der Waals surface area (Å²) in [5.74, 6) is -1.21. The predicted molar refractivity (Wildman–Crippen MR) is 111 cm³/mol. The van der Waals surface area contributed by atoms with Crippen molar-refractivity contribution in [3.8, 4) is 5.75 Å². The third kappa shape index (κ3) is 8.82. The average Bonchev–Trinajstić information content (AvgIpc) is 2.65. The highest BCUT2D eigenvalue weighted by Gasteiger charge is 2.36. The van der Waals surface area contributed by atoms with Crippen LogP contribution >= 0.6 is 0 Å². The van der Waals surface area contributed by atoms with E-state index in [9.17, 15) is 14.4 Å². The Balaban J connectivity index is 2.71. The molecule has 0 spiro atoms. The highest BCUT2D eigenvalue weighted by molar-refractivity contribution is 5.92. The maximum atomic E-state index is 12.3. The monoisotopic (exact) mass is 408 g/mol. The smallest absolute Gasteiger partial charge is 0.303 e. The SMILES string of the molecule is CCC(NC(=O)CCCN(C)C)(Nc1ccc(OCCCC(=O)O)cc1)C(N)=O. The van der Waals surface area contributed by atoms with Gasteiger partial charge >= 0.3 is 5.97 Å². The molecule has 1 rings (SSSR count). The largest absolute Gasteiger partial charge is 0.494 e. The van der Waals surface area contributed by atoms with Gasteiger partial charge in [-0.2, -0.15) is 0 Å². The van der Waals surface area contributed by atoms with Gasteiger partial charge in [-0.1, -0.05) is 6.92 Å². The summed E-state index contributed by atoms with van der Waals surface area (Å²) >= 11 is 0. The zero-order valence-electron chi connectivity index (χ0n) is 17.4. The molecule has 0 aliphatic heterocycles. The van der Waals surface area contributed by atoms with Gasteiger partial charge in [-0.3, -0.25) is 14.4 Å². The predicted octanol–water partition coefficient (Wildman–Crippen LogP) is 1.39. The Hall–Kier alpha value is -2.81. The van der Waals surface area contributed by atoms with Gasteiger partial charge in [0.2, 0.25) is 5.91 Å². The van der Waals surface area contributed by atoms with Gasteiger partial charge in [0.15, 0.2) is 5.66 Å². The maximum absolute atomic E-state index is 12.3. The number of hydrogen-bond acceptors (Lipinski definition) is 6. The van der Waals surface area contributed by atoms with Gasteiger partial charge in [0.1, 0.15) is 5.75 Å². The number of hydrogen-bond donors (Lipinski definition) is 4. The highest BCUT2D eigenvalue weighted by Crippen LogP contribution is 2.21. The van der Waals surface area contributed by atoms with Gasteiger partial charge in [0.05, 0.1) is 6.61 Å². The summed E-state index contributed by atoms with van der Waals surface area (Å²) in [7, 11) is 3.86. The van der Waals surface area contributed by atoms with Gasteiger partial charge in [-0.15, -0.1) is 0 Å². The molecule has 5 N–H and O–H groups in total. The van der Waals surface area contributed by atoms with Crippen LogP contribution in [0.25, 0.3) is 0 Å². The molecule has 9 nitrogen and oxygen atoms in total. The van der Waals surface area contributed by atoms with E-state index in [1.807, 2.05) is 19.0 Å². The molecule has 0 aromatic heterocycles. The van der Waals surface area contributed by atoms with Crippen LogP contribution < -0.4 is 21.1 Å². The number of carbonyl (C=O) groups is 3. The van der Waals surface area contributed by atoms with Crippen molar-refractivity contribution in [1.82, 2.24) is 10.2 Å². The Morgan fingerprint density at radius 1 is 1.14 bits per heavy atom. The van der Waals surface area contributed by atoms with Crippen LogP contribution in [0.1, 0.15) is 39.0 Å².